The molecule has 0 radical (unpaired) electrons. The molecule has 2 atom stereocenters. The lowest BCUT2D eigenvalue weighted by molar-refractivity contribution is -0.123. The fraction of sp³-hybridized carbons (Fsp3) is 0.476. The molecule has 0 bridgehead atoms. The number of thiophene rings is 1. The van der Waals surface area contributed by atoms with Crippen LogP contribution in [0.2, 0.25) is 0 Å². The van der Waals surface area contributed by atoms with Crippen LogP contribution in [-0.4, -0.2) is 24.4 Å². The van der Waals surface area contributed by atoms with Crippen LogP contribution < -0.4 is 5.32 Å². The number of nitrogens with one attached hydrogen (secondary N) is 1. The minimum atomic E-state index is 0.0465. The molecule has 0 saturated heterocycles. The minimum absolute atomic E-state index is 0.0465. The van der Waals surface area contributed by atoms with Crippen LogP contribution in [0.4, 0.5) is 0 Å². The van der Waals surface area contributed by atoms with Crippen LogP contribution in [0.3, 0.4) is 0 Å². The van der Waals surface area contributed by atoms with Gasteiger partial charge >= 0.3 is 0 Å². The predicted octanol–water partition coefficient (Wildman–Crippen LogP) is 4.50. The quantitative estimate of drug-likeness (QED) is 0.827. The molecule has 0 aliphatic heterocycles. The fourth-order valence-corrected chi connectivity index (χ4v) is 4.35. The summed E-state index contributed by atoms with van der Waals surface area (Å²) in [6.07, 6.45) is 4.95. The Bertz CT molecular complexity index is 711. The first-order valence-corrected chi connectivity index (χ1v) is 10.1. The van der Waals surface area contributed by atoms with Gasteiger partial charge in [0.25, 0.3) is 0 Å². The standard InChI is InChI=1S/C21H28N2OS/c1-15(18-11-10-17-7-4-5-8-19(17)13-18)22-21(24)14-23(3)16(2)20-9-6-12-25-20/h6,9-13,15-16H,4-5,7-8,14H2,1-3H3,(H,22,24)/t15-,16-/m0/s1. The highest BCUT2D eigenvalue weighted by Crippen LogP contribution is 2.25. The van der Waals surface area contributed by atoms with Gasteiger partial charge < -0.3 is 5.32 Å². The Hall–Kier alpha value is -1.65. The Labute approximate surface area is 155 Å². The average molecular weight is 357 g/mol. The van der Waals surface area contributed by atoms with Crippen molar-refractivity contribution in [2.45, 2.75) is 51.6 Å². The van der Waals surface area contributed by atoms with Gasteiger partial charge in [-0.15, -0.1) is 11.3 Å². The monoisotopic (exact) mass is 356 g/mol. The predicted molar refractivity (Wildman–Crippen MR) is 105 cm³/mol. The number of amides is 1. The smallest absolute Gasteiger partial charge is 0.234 e. The van der Waals surface area contributed by atoms with Crippen molar-refractivity contribution >= 4 is 17.2 Å². The molecule has 0 spiro atoms. The lowest BCUT2D eigenvalue weighted by atomic mass is 9.89. The van der Waals surface area contributed by atoms with Crippen molar-refractivity contribution in [2.75, 3.05) is 13.6 Å². The Morgan fingerprint density at radius 3 is 2.68 bits per heavy atom. The van der Waals surface area contributed by atoms with Crippen LogP contribution in [0.5, 0.6) is 0 Å². The SMILES string of the molecule is C[C@H](NC(=O)CN(C)[C@@H](C)c1cccs1)c1ccc2c(c1)CCCC2. The van der Waals surface area contributed by atoms with E-state index >= 15 is 0 Å². The molecular formula is C21H28N2OS. The van der Waals surface area contributed by atoms with Crippen LogP contribution in [0.1, 0.15) is 60.3 Å². The molecule has 1 aliphatic carbocycles. The molecule has 2 aromatic rings. The molecule has 1 heterocycles. The second kappa shape index (κ2) is 8.15. The van der Waals surface area contributed by atoms with Crippen molar-refractivity contribution in [3.05, 3.63) is 57.3 Å². The second-order valence-corrected chi connectivity index (χ2v) is 8.11. The van der Waals surface area contributed by atoms with Crippen LogP contribution >= 0.6 is 11.3 Å². The maximum absolute atomic E-state index is 12.5. The highest BCUT2D eigenvalue weighted by Gasteiger charge is 2.18. The fourth-order valence-electron chi connectivity index (χ4n) is 3.50. The molecule has 1 aromatic heterocycles. The number of carbonyl (C=O) groups excluding carboxylic acids is 1. The van der Waals surface area contributed by atoms with Gasteiger partial charge in [0, 0.05) is 10.9 Å². The van der Waals surface area contributed by atoms with Crippen molar-refractivity contribution < 1.29 is 4.79 Å². The van der Waals surface area contributed by atoms with E-state index in [0.29, 0.717) is 6.54 Å². The number of likely N-dealkylation sites (N-methyl/N-ethyl adjacent to an activating group) is 1. The summed E-state index contributed by atoms with van der Waals surface area (Å²) in [4.78, 5) is 15.8. The lowest BCUT2D eigenvalue weighted by Gasteiger charge is -2.25. The molecular weight excluding hydrogens is 328 g/mol. The summed E-state index contributed by atoms with van der Waals surface area (Å²) in [5.74, 6) is 0.0797. The highest BCUT2D eigenvalue weighted by molar-refractivity contribution is 7.10. The summed E-state index contributed by atoms with van der Waals surface area (Å²) >= 11 is 1.74. The van der Waals surface area contributed by atoms with Gasteiger partial charge in [0.05, 0.1) is 12.6 Å². The first-order valence-electron chi connectivity index (χ1n) is 9.19. The van der Waals surface area contributed by atoms with Crippen molar-refractivity contribution in [1.82, 2.24) is 10.2 Å². The normalized spacial score (nSPS) is 16.3. The minimum Gasteiger partial charge on any atom is -0.348 e. The topological polar surface area (TPSA) is 32.3 Å². The summed E-state index contributed by atoms with van der Waals surface area (Å²) < 4.78 is 0. The van der Waals surface area contributed by atoms with Gasteiger partial charge in [-0.05, 0) is 74.7 Å². The van der Waals surface area contributed by atoms with Crippen molar-refractivity contribution in [1.29, 1.82) is 0 Å². The molecule has 4 heteroatoms. The van der Waals surface area contributed by atoms with E-state index in [4.69, 9.17) is 0 Å². The molecule has 0 saturated carbocycles. The first kappa shape index (κ1) is 18.2. The van der Waals surface area contributed by atoms with Crippen LogP contribution in [0.15, 0.2) is 35.7 Å². The van der Waals surface area contributed by atoms with Crippen LogP contribution in [-0.2, 0) is 17.6 Å². The number of nitrogens with zero attached hydrogens (tertiary/aromatic N) is 1. The number of hydrogen-bond donors (Lipinski definition) is 1. The summed E-state index contributed by atoms with van der Waals surface area (Å²) in [5, 5.41) is 5.24. The lowest BCUT2D eigenvalue weighted by Crippen LogP contribution is -2.37. The first-order chi connectivity index (χ1) is 12.0. The molecule has 1 aromatic carbocycles. The molecule has 3 rings (SSSR count). The van der Waals surface area contributed by atoms with Crippen LogP contribution in [0.25, 0.3) is 0 Å². The number of benzene rings is 1. The van der Waals surface area contributed by atoms with E-state index in [2.05, 4.69) is 59.8 Å². The molecule has 3 nitrogen and oxygen atoms in total. The highest BCUT2D eigenvalue weighted by atomic mass is 32.1. The summed E-state index contributed by atoms with van der Waals surface area (Å²) in [6, 6.07) is 11.2. The van der Waals surface area contributed by atoms with Crippen molar-refractivity contribution in [2.24, 2.45) is 0 Å². The Balaban J connectivity index is 1.57. The summed E-state index contributed by atoms with van der Waals surface area (Å²) in [6.45, 7) is 4.63. The summed E-state index contributed by atoms with van der Waals surface area (Å²) in [5.41, 5.74) is 4.16. The Morgan fingerprint density at radius 2 is 1.96 bits per heavy atom. The van der Waals surface area contributed by atoms with E-state index < -0.39 is 0 Å². The molecule has 0 unspecified atom stereocenters. The third kappa shape index (κ3) is 4.50. The molecule has 1 amide bonds. The zero-order valence-corrected chi connectivity index (χ0v) is 16.2. The Kier molecular flexibility index (Phi) is 5.92. The zero-order valence-electron chi connectivity index (χ0n) is 15.4. The van der Waals surface area contributed by atoms with E-state index in [-0.39, 0.29) is 18.0 Å². The van der Waals surface area contributed by atoms with E-state index in [9.17, 15) is 4.79 Å². The maximum Gasteiger partial charge on any atom is 0.234 e. The largest absolute Gasteiger partial charge is 0.348 e. The van der Waals surface area contributed by atoms with Gasteiger partial charge in [-0.2, -0.15) is 0 Å². The van der Waals surface area contributed by atoms with Crippen LogP contribution in [0, 0.1) is 0 Å². The summed E-state index contributed by atoms with van der Waals surface area (Å²) in [7, 11) is 2.01. The van der Waals surface area contributed by atoms with Gasteiger partial charge in [-0.3, -0.25) is 9.69 Å². The van der Waals surface area contributed by atoms with Gasteiger partial charge in [0.15, 0.2) is 0 Å². The van der Waals surface area contributed by atoms with Crippen molar-refractivity contribution in [3.8, 4) is 0 Å². The third-order valence-electron chi connectivity index (χ3n) is 5.26. The van der Waals surface area contributed by atoms with E-state index in [0.717, 1.165) is 0 Å². The van der Waals surface area contributed by atoms with Gasteiger partial charge in [0.1, 0.15) is 0 Å². The molecule has 0 fully saturated rings. The Morgan fingerprint density at radius 1 is 1.20 bits per heavy atom. The van der Waals surface area contributed by atoms with E-state index in [1.807, 2.05) is 7.05 Å². The maximum atomic E-state index is 12.5. The van der Waals surface area contributed by atoms with E-state index in [1.165, 1.54) is 47.3 Å². The van der Waals surface area contributed by atoms with E-state index in [1.54, 1.807) is 11.3 Å². The number of carbonyl (C=O) groups is 1. The molecule has 25 heavy (non-hydrogen) atoms. The molecule has 1 N–H and O–H groups in total. The third-order valence-corrected chi connectivity index (χ3v) is 6.30. The molecule has 134 valence electrons. The number of hydrogen-bond acceptors (Lipinski definition) is 3. The average Bonchev–Trinajstić information content (AvgIpc) is 3.15. The zero-order chi connectivity index (χ0) is 17.8. The molecule has 1 aliphatic rings. The van der Waals surface area contributed by atoms with Crippen molar-refractivity contribution in [3.63, 3.8) is 0 Å². The second-order valence-electron chi connectivity index (χ2n) is 7.13. The number of aryl methyl sites for hydroxylation is 2. The number of fused-ring (bicyclic) bond motifs is 1. The van der Waals surface area contributed by atoms with Gasteiger partial charge in [-0.25, -0.2) is 0 Å². The number of rotatable bonds is 6. The van der Waals surface area contributed by atoms with Gasteiger partial charge in [-0.1, -0.05) is 24.3 Å². The van der Waals surface area contributed by atoms with Gasteiger partial charge in [0.2, 0.25) is 5.91 Å².